The SMILES string of the molecule is COc1ccc(C2(c3ccc(OC)cc3)C=Cc3c4c(c5cc6c(cc5c3O2)OC(C(C)C)(C(C)C)S6)-c2ccccc2CC4)cc1. The number of hydrogen-bond donors (Lipinski definition) is 0. The standard InChI is InChI=1S/C42H40O4S/c1-25(2)42(26(3)4)45-37-23-36-35(24-38(37)47-42)39-32-10-8-7-9-27(32)11-20-33(39)34-21-22-41(46-40(34)36,28-12-16-30(43-5)17-13-28)29-14-18-31(44-6)19-15-29/h7-10,12-19,21-26H,11,20H2,1-6H3. The van der Waals surface area contributed by atoms with Crippen molar-refractivity contribution in [3.8, 4) is 34.1 Å². The molecular formula is C42H40O4S. The number of ether oxygens (including phenoxy) is 4. The third-order valence-electron chi connectivity index (χ3n) is 10.3. The highest BCUT2D eigenvalue weighted by Gasteiger charge is 2.47. The van der Waals surface area contributed by atoms with E-state index in [0.29, 0.717) is 11.8 Å². The van der Waals surface area contributed by atoms with Crippen LogP contribution >= 0.6 is 11.8 Å². The summed E-state index contributed by atoms with van der Waals surface area (Å²) in [6.45, 7) is 9.07. The second-order valence-electron chi connectivity index (χ2n) is 13.5. The van der Waals surface area contributed by atoms with Gasteiger partial charge in [-0.05, 0) is 83.0 Å². The highest BCUT2D eigenvalue weighted by atomic mass is 32.2. The Morgan fingerprint density at radius 1 is 0.723 bits per heavy atom. The van der Waals surface area contributed by atoms with E-state index in [1.807, 2.05) is 36.0 Å². The van der Waals surface area contributed by atoms with Gasteiger partial charge in [0.25, 0.3) is 0 Å². The van der Waals surface area contributed by atoms with E-state index in [1.165, 1.54) is 32.5 Å². The van der Waals surface area contributed by atoms with Crippen LogP contribution in [0, 0.1) is 11.8 Å². The lowest BCUT2D eigenvalue weighted by Crippen LogP contribution is -2.40. The molecule has 0 fully saturated rings. The van der Waals surface area contributed by atoms with E-state index in [9.17, 15) is 0 Å². The van der Waals surface area contributed by atoms with Gasteiger partial charge in [0.1, 0.15) is 23.0 Å². The number of rotatable bonds is 6. The van der Waals surface area contributed by atoms with Crippen molar-refractivity contribution in [3.05, 3.63) is 119 Å². The molecule has 8 rings (SSSR count). The third-order valence-corrected chi connectivity index (χ3v) is 12.2. The van der Waals surface area contributed by atoms with Crippen LogP contribution in [-0.2, 0) is 18.4 Å². The fourth-order valence-corrected chi connectivity index (χ4v) is 9.17. The Labute approximate surface area is 281 Å². The summed E-state index contributed by atoms with van der Waals surface area (Å²) in [7, 11) is 3.39. The van der Waals surface area contributed by atoms with Gasteiger partial charge in [-0.25, -0.2) is 0 Å². The number of thioether (sulfide) groups is 1. The van der Waals surface area contributed by atoms with Crippen LogP contribution in [0.2, 0.25) is 0 Å². The molecule has 3 aliphatic rings. The van der Waals surface area contributed by atoms with Crippen molar-refractivity contribution in [3.63, 3.8) is 0 Å². The minimum Gasteiger partial charge on any atom is -0.497 e. The van der Waals surface area contributed by atoms with Crippen molar-refractivity contribution in [2.45, 2.75) is 56.0 Å². The molecule has 0 radical (unpaired) electrons. The Balaban J connectivity index is 1.40. The van der Waals surface area contributed by atoms with Gasteiger partial charge in [0, 0.05) is 33.9 Å². The first kappa shape index (κ1) is 30.0. The minimum absolute atomic E-state index is 0.325. The van der Waals surface area contributed by atoms with Gasteiger partial charge in [0.05, 0.1) is 19.1 Å². The van der Waals surface area contributed by atoms with Gasteiger partial charge in [-0.2, -0.15) is 0 Å². The molecule has 4 nitrogen and oxygen atoms in total. The maximum absolute atomic E-state index is 7.48. The van der Waals surface area contributed by atoms with Crippen LogP contribution in [0.3, 0.4) is 0 Å². The molecule has 5 heteroatoms. The summed E-state index contributed by atoms with van der Waals surface area (Å²) in [5, 5.41) is 2.30. The van der Waals surface area contributed by atoms with E-state index in [4.69, 9.17) is 18.9 Å². The van der Waals surface area contributed by atoms with E-state index in [-0.39, 0.29) is 4.93 Å². The Bertz CT molecular complexity index is 1980. The fraction of sp³-hybridized carbons (Fsp3) is 0.286. The summed E-state index contributed by atoms with van der Waals surface area (Å²) in [4.78, 5) is 0.877. The number of aryl methyl sites for hydroxylation is 1. The van der Waals surface area contributed by atoms with E-state index in [0.717, 1.165) is 57.9 Å². The van der Waals surface area contributed by atoms with E-state index in [2.05, 4.69) is 101 Å². The van der Waals surface area contributed by atoms with E-state index >= 15 is 0 Å². The van der Waals surface area contributed by atoms with Crippen molar-refractivity contribution in [1.82, 2.24) is 0 Å². The van der Waals surface area contributed by atoms with Gasteiger partial charge >= 0.3 is 0 Å². The molecule has 0 atom stereocenters. The zero-order valence-electron chi connectivity index (χ0n) is 27.8. The van der Waals surface area contributed by atoms with Crippen molar-refractivity contribution in [1.29, 1.82) is 0 Å². The Hall–Kier alpha value is -4.35. The van der Waals surface area contributed by atoms with Crippen LogP contribution in [-0.4, -0.2) is 19.2 Å². The smallest absolute Gasteiger partial charge is 0.178 e. The summed E-state index contributed by atoms with van der Waals surface area (Å²) in [6, 6.07) is 30.0. The molecule has 0 aromatic heterocycles. The number of methoxy groups -OCH3 is 2. The molecule has 5 aromatic carbocycles. The Morgan fingerprint density at radius 2 is 1.36 bits per heavy atom. The van der Waals surface area contributed by atoms with Gasteiger partial charge < -0.3 is 18.9 Å². The monoisotopic (exact) mass is 640 g/mol. The first-order valence-electron chi connectivity index (χ1n) is 16.6. The lowest BCUT2D eigenvalue weighted by Gasteiger charge is -2.38. The summed E-state index contributed by atoms with van der Waals surface area (Å²) >= 11 is 1.88. The van der Waals surface area contributed by atoms with Crippen LogP contribution in [0.4, 0.5) is 0 Å². The van der Waals surface area contributed by atoms with Crippen LogP contribution in [0.25, 0.3) is 28.0 Å². The molecule has 2 aliphatic heterocycles. The van der Waals surface area contributed by atoms with Crippen molar-refractivity contribution < 1.29 is 18.9 Å². The predicted molar refractivity (Wildman–Crippen MR) is 192 cm³/mol. The molecule has 0 saturated heterocycles. The average Bonchev–Trinajstić information content (AvgIpc) is 3.51. The van der Waals surface area contributed by atoms with Crippen molar-refractivity contribution >= 4 is 28.6 Å². The first-order valence-corrected chi connectivity index (χ1v) is 17.4. The van der Waals surface area contributed by atoms with Gasteiger partial charge in [0.2, 0.25) is 0 Å². The van der Waals surface area contributed by atoms with Gasteiger partial charge in [-0.1, -0.05) is 94.1 Å². The maximum atomic E-state index is 7.48. The molecule has 238 valence electrons. The lowest BCUT2D eigenvalue weighted by atomic mass is 9.77. The third kappa shape index (κ3) is 4.50. The second kappa shape index (κ2) is 11.1. The highest BCUT2D eigenvalue weighted by Crippen LogP contribution is 2.58. The molecule has 1 aliphatic carbocycles. The largest absolute Gasteiger partial charge is 0.497 e. The van der Waals surface area contributed by atoms with Crippen LogP contribution in [0.5, 0.6) is 23.0 Å². The molecular weight excluding hydrogens is 601 g/mol. The van der Waals surface area contributed by atoms with E-state index < -0.39 is 5.60 Å². The molecule has 2 heterocycles. The molecule has 5 aromatic rings. The fourth-order valence-electron chi connectivity index (χ4n) is 7.84. The molecule has 0 bridgehead atoms. The maximum Gasteiger partial charge on any atom is 0.178 e. The topological polar surface area (TPSA) is 36.9 Å². The first-order chi connectivity index (χ1) is 22.8. The van der Waals surface area contributed by atoms with Gasteiger partial charge in [-0.15, -0.1) is 0 Å². The van der Waals surface area contributed by atoms with Gasteiger partial charge in [-0.3, -0.25) is 0 Å². The minimum atomic E-state index is -0.868. The Kier molecular flexibility index (Phi) is 7.10. The number of hydrogen-bond acceptors (Lipinski definition) is 5. The average molecular weight is 641 g/mol. The summed E-state index contributed by atoms with van der Waals surface area (Å²) in [5.74, 6) is 4.12. The van der Waals surface area contributed by atoms with Crippen LogP contribution < -0.4 is 18.9 Å². The Morgan fingerprint density at radius 3 is 1.98 bits per heavy atom. The van der Waals surface area contributed by atoms with Crippen LogP contribution in [0.15, 0.2) is 95.9 Å². The normalized spacial score (nSPS) is 16.6. The quantitative estimate of drug-likeness (QED) is 0.185. The lowest BCUT2D eigenvalue weighted by molar-refractivity contribution is 0.0757. The predicted octanol–water partition coefficient (Wildman–Crippen LogP) is 10.5. The van der Waals surface area contributed by atoms with Crippen LogP contribution in [0.1, 0.15) is 55.5 Å². The molecule has 47 heavy (non-hydrogen) atoms. The van der Waals surface area contributed by atoms with E-state index in [1.54, 1.807) is 14.2 Å². The highest BCUT2D eigenvalue weighted by molar-refractivity contribution is 8.01. The van der Waals surface area contributed by atoms with Crippen molar-refractivity contribution in [2.24, 2.45) is 11.8 Å². The second-order valence-corrected chi connectivity index (χ2v) is 14.7. The molecule has 0 N–H and O–H groups in total. The molecule has 0 unspecified atom stereocenters. The number of fused-ring (bicyclic) bond motifs is 9. The number of benzene rings is 5. The molecule has 0 saturated carbocycles. The molecule has 0 spiro atoms. The summed E-state index contributed by atoms with van der Waals surface area (Å²) < 4.78 is 25.5. The van der Waals surface area contributed by atoms with Crippen molar-refractivity contribution in [2.75, 3.05) is 14.2 Å². The zero-order chi connectivity index (χ0) is 32.5. The summed E-state index contributed by atoms with van der Waals surface area (Å²) in [6.07, 6.45) is 6.49. The summed E-state index contributed by atoms with van der Waals surface area (Å²) in [5.41, 5.74) is 7.73. The zero-order valence-corrected chi connectivity index (χ0v) is 28.7. The molecule has 0 amide bonds. The van der Waals surface area contributed by atoms with Gasteiger partial charge in [0.15, 0.2) is 10.5 Å².